The number of rotatable bonds is 5. The van der Waals surface area contributed by atoms with Gasteiger partial charge in [-0.25, -0.2) is 4.68 Å². The van der Waals surface area contributed by atoms with Crippen LogP contribution in [0.4, 0.5) is 0 Å². The molecule has 4 rings (SSSR count). The number of nitrogens with zero attached hydrogens (tertiary/aromatic N) is 3. The van der Waals surface area contributed by atoms with Gasteiger partial charge in [-0.1, -0.05) is 30.7 Å². The Bertz CT molecular complexity index is 1010. The lowest BCUT2D eigenvalue weighted by atomic mass is 10.2. The normalized spacial score (nSPS) is 17.6. The van der Waals surface area contributed by atoms with E-state index in [0.717, 1.165) is 71.9 Å². The Morgan fingerprint density at radius 3 is 2.93 bits per heavy atom. The number of likely N-dealkylation sites (tertiary alicyclic amines) is 1. The van der Waals surface area contributed by atoms with Gasteiger partial charge in [-0.3, -0.25) is 4.79 Å². The number of carbonyl (C=O) groups excluding carboxylic acids is 1. The van der Waals surface area contributed by atoms with Crippen molar-refractivity contribution in [3.8, 4) is 5.69 Å². The fourth-order valence-electron chi connectivity index (χ4n) is 3.82. The highest BCUT2D eigenvalue weighted by molar-refractivity contribution is 7.20. The first kappa shape index (κ1) is 20.4. The third kappa shape index (κ3) is 4.20. The lowest BCUT2D eigenvalue weighted by Crippen LogP contribution is -2.31. The lowest BCUT2D eigenvalue weighted by molar-refractivity contribution is 0.0432. The molecule has 1 aromatic carbocycles. The second kappa shape index (κ2) is 8.86. The minimum absolute atomic E-state index is 0.104. The summed E-state index contributed by atoms with van der Waals surface area (Å²) in [5.74, 6) is 0.104. The second-order valence-corrected chi connectivity index (χ2v) is 8.93. The summed E-state index contributed by atoms with van der Waals surface area (Å²) in [4.78, 5) is 16.9. The molecule has 29 heavy (non-hydrogen) atoms. The van der Waals surface area contributed by atoms with E-state index in [0.29, 0.717) is 5.02 Å². The van der Waals surface area contributed by atoms with E-state index in [1.807, 2.05) is 46.8 Å². The molecule has 3 heterocycles. The van der Waals surface area contributed by atoms with E-state index in [-0.39, 0.29) is 12.0 Å². The van der Waals surface area contributed by atoms with Gasteiger partial charge >= 0.3 is 0 Å². The predicted octanol–water partition coefficient (Wildman–Crippen LogP) is 5.47. The van der Waals surface area contributed by atoms with Gasteiger partial charge in [0.2, 0.25) is 0 Å². The molecule has 1 fully saturated rings. The molecule has 154 valence electrons. The number of aryl methyl sites for hydroxylation is 1. The molecule has 1 aliphatic heterocycles. The van der Waals surface area contributed by atoms with Crippen molar-refractivity contribution in [3.05, 3.63) is 45.9 Å². The van der Waals surface area contributed by atoms with E-state index in [1.165, 1.54) is 11.3 Å². The number of hydrogen-bond acceptors (Lipinski definition) is 4. The van der Waals surface area contributed by atoms with E-state index in [1.54, 1.807) is 0 Å². The predicted molar refractivity (Wildman–Crippen MR) is 118 cm³/mol. The van der Waals surface area contributed by atoms with Crippen LogP contribution in [-0.2, 0) is 4.74 Å². The number of hydrogen-bond donors (Lipinski definition) is 0. The van der Waals surface area contributed by atoms with Gasteiger partial charge in [-0.05, 0) is 50.8 Å². The lowest BCUT2D eigenvalue weighted by Gasteiger charge is -2.20. The summed E-state index contributed by atoms with van der Waals surface area (Å²) in [5, 5.41) is 6.30. The van der Waals surface area contributed by atoms with Crippen LogP contribution in [0.25, 0.3) is 15.9 Å². The molecule has 7 heteroatoms. The maximum atomic E-state index is 13.2. The molecule has 0 N–H and O–H groups in total. The van der Waals surface area contributed by atoms with Crippen LogP contribution in [0.3, 0.4) is 0 Å². The number of fused-ring (bicyclic) bond motifs is 1. The maximum absolute atomic E-state index is 13.2. The Morgan fingerprint density at radius 2 is 2.14 bits per heavy atom. The minimum atomic E-state index is 0.104. The quantitative estimate of drug-likeness (QED) is 0.538. The molecule has 2 aromatic heterocycles. The number of benzene rings is 1. The standard InChI is InChI=1S/C22H26ClN3O2S/c1-3-13-28-16-7-6-11-25(12-10-16)21(27)20-14-17-15(2)24-26(22(17)29-20)19-9-5-4-8-18(19)23/h4-5,8-9,14,16H,3,6-7,10-13H2,1-2H3. The molecule has 0 spiro atoms. The molecule has 1 unspecified atom stereocenters. The van der Waals surface area contributed by atoms with Crippen molar-refractivity contribution < 1.29 is 9.53 Å². The number of aromatic nitrogens is 2. The monoisotopic (exact) mass is 431 g/mol. The van der Waals surface area contributed by atoms with Gasteiger partial charge in [0.15, 0.2) is 0 Å². The van der Waals surface area contributed by atoms with Gasteiger partial charge < -0.3 is 9.64 Å². The Hall–Kier alpha value is -1.89. The van der Waals surface area contributed by atoms with Crippen LogP contribution in [0.1, 0.15) is 48.0 Å². The summed E-state index contributed by atoms with van der Waals surface area (Å²) < 4.78 is 7.77. The van der Waals surface area contributed by atoms with Crippen LogP contribution in [-0.4, -0.2) is 46.4 Å². The highest BCUT2D eigenvalue weighted by Crippen LogP contribution is 2.33. The van der Waals surface area contributed by atoms with E-state index in [9.17, 15) is 4.79 Å². The fourth-order valence-corrected chi connectivity index (χ4v) is 5.17. The number of halogens is 1. The van der Waals surface area contributed by atoms with Crippen LogP contribution in [0.5, 0.6) is 0 Å². The van der Waals surface area contributed by atoms with Crippen LogP contribution in [0, 0.1) is 6.92 Å². The molecule has 1 amide bonds. The molecule has 0 radical (unpaired) electrons. The average Bonchev–Trinajstić information content (AvgIpc) is 3.19. The van der Waals surface area contributed by atoms with Gasteiger partial charge in [-0.15, -0.1) is 11.3 Å². The van der Waals surface area contributed by atoms with Gasteiger partial charge in [0.1, 0.15) is 4.83 Å². The van der Waals surface area contributed by atoms with Gasteiger partial charge in [-0.2, -0.15) is 5.10 Å². The molecular formula is C22H26ClN3O2S. The third-order valence-electron chi connectivity index (χ3n) is 5.36. The minimum Gasteiger partial charge on any atom is -0.378 e. The van der Waals surface area contributed by atoms with E-state index in [4.69, 9.17) is 16.3 Å². The van der Waals surface area contributed by atoms with Crippen molar-refractivity contribution in [1.29, 1.82) is 0 Å². The zero-order valence-corrected chi connectivity index (χ0v) is 18.4. The smallest absolute Gasteiger partial charge is 0.264 e. The van der Waals surface area contributed by atoms with Crippen LogP contribution in [0.2, 0.25) is 5.02 Å². The Balaban J connectivity index is 1.58. The summed E-state index contributed by atoms with van der Waals surface area (Å²) in [6, 6.07) is 9.62. The van der Waals surface area contributed by atoms with Crippen LogP contribution < -0.4 is 0 Å². The first-order chi connectivity index (χ1) is 14.1. The van der Waals surface area contributed by atoms with Gasteiger partial charge in [0.05, 0.1) is 27.4 Å². The summed E-state index contributed by atoms with van der Waals surface area (Å²) in [6.07, 6.45) is 4.21. The first-order valence-corrected chi connectivity index (χ1v) is 11.4. The van der Waals surface area contributed by atoms with Gasteiger partial charge in [0.25, 0.3) is 5.91 Å². The molecule has 1 atom stereocenters. The summed E-state index contributed by atoms with van der Waals surface area (Å²) >= 11 is 7.88. The maximum Gasteiger partial charge on any atom is 0.264 e. The number of ether oxygens (including phenoxy) is 1. The molecule has 1 saturated heterocycles. The summed E-state index contributed by atoms with van der Waals surface area (Å²) in [5.41, 5.74) is 1.73. The topological polar surface area (TPSA) is 47.4 Å². The number of thiophene rings is 1. The van der Waals surface area contributed by atoms with E-state index >= 15 is 0 Å². The van der Waals surface area contributed by atoms with E-state index < -0.39 is 0 Å². The third-order valence-corrected chi connectivity index (χ3v) is 6.77. The van der Waals surface area contributed by atoms with Crippen molar-refractivity contribution >= 4 is 39.1 Å². The van der Waals surface area contributed by atoms with Crippen LogP contribution in [0.15, 0.2) is 30.3 Å². The number of para-hydroxylation sites is 1. The van der Waals surface area contributed by atoms with E-state index in [2.05, 4.69) is 12.0 Å². The highest BCUT2D eigenvalue weighted by Gasteiger charge is 2.25. The number of amides is 1. The molecule has 1 aliphatic rings. The Morgan fingerprint density at radius 1 is 1.31 bits per heavy atom. The molecular weight excluding hydrogens is 406 g/mol. The fraction of sp³-hybridized carbons (Fsp3) is 0.455. The van der Waals surface area contributed by atoms with Crippen molar-refractivity contribution in [2.75, 3.05) is 19.7 Å². The van der Waals surface area contributed by atoms with Gasteiger partial charge in [0, 0.05) is 25.1 Å². The first-order valence-electron chi connectivity index (χ1n) is 10.2. The Kier molecular flexibility index (Phi) is 6.23. The summed E-state index contributed by atoms with van der Waals surface area (Å²) in [7, 11) is 0. The largest absolute Gasteiger partial charge is 0.378 e. The Labute approximate surface area is 180 Å². The molecule has 0 saturated carbocycles. The molecule has 0 aliphatic carbocycles. The van der Waals surface area contributed by atoms with Crippen molar-refractivity contribution in [2.24, 2.45) is 0 Å². The van der Waals surface area contributed by atoms with Crippen molar-refractivity contribution in [2.45, 2.75) is 45.6 Å². The average molecular weight is 432 g/mol. The van der Waals surface area contributed by atoms with Crippen molar-refractivity contribution in [1.82, 2.24) is 14.7 Å². The van der Waals surface area contributed by atoms with Crippen molar-refractivity contribution in [3.63, 3.8) is 0 Å². The molecule has 5 nitrogen and oxygen atoms in total. The SMILES string of the molecule is CCCOC1CCCN(C(=O)c2cc3c(C)nn(-c4ccccc4Cl)c3s2)CC1. The summed E-state index contributed by atoms with van der Waals surface area (Å²) in [6.45, 7) is 6.43. The molecule has 0 bridgehead atoms. The highest BCUT2D eigenvalue weighted by atomic mass is 35.5. The second-order valence-electron chi connectivity index (χ2n) is 7.49. The zero-order valence-electron chi connectivity index (χ0n) is 16.9. The van der Waals surface area contributed by atoms with Crippen LogP contribution >= 0.6 is 22.9 Å². The zero-order chi connectivity index (χ0) is 20.4. The molecule has 3 aromatic rings. The number of carbonyl (C=O) groups is 1.